The molecule has 0 radical (unpaired) electrons. The van der Waals surface area contributed by atoms with Crippen molar-refractivity contribution in [2.24, 2.45) is 5.73 Å². The first-order valence-electron chi connectivity index (χ1n) is 5.70. The second kappa shape index (κ2) is 6.00. The monoisotopic (exact) mass is 251 g/mol. The van der Waals surface area contributed by atoms with E-state index in [1.165, 1.54) is 12.3 Å². The van der Waals surface area contributed by atoms with Crippen LogP contribution >= 0.6 is 0 Å². The third kappa shape index (κ3) is 3.44. The van der Waals surface area contributed by atoms with E-state index in [2.05, 4.69) is 4.98 Å². The van der Waals surface area contributed by atoms with Gasteiger partial charge >= 0.3 is 5.97 Å². The zero-order valence-electron chi connectivity index (χ0n) is 10.5. The fourth-order valence-electron chi connectivity index (χ4n) is 1.60. The minimum absolute atomic E-state index is 0.0456. The molecule has 0 fully saturated rings. The Labute approximate surface area is 105 Å². The molecule has 98 valence electrons. The predicted octanol–water partition coefficient (Wildman–Crippen LogP) is 0.870. The van der Waals surface area contributed by atoms with E-state index in [0.29, 0.717) is 5.69 Å². The van der Waals surface area contributed by atoms with Crippen LogP contribution in [0.5, 0.6) is 0 Å². The van der Waals surface area contributed by atoms with E-state index in [9.17, 15) is 9.59 Å². The lowest BCUT2D eigenvalue weighted by atomic mass is 10.2. The maximum Gasteiger partial charge on any atom is 0.323 e. The zero-order chi connectivity index (χ0) is 13.7. The van der Waals surface area contributed by atoms with Crippen molar-refractivity contribution in [3.8, 4) is 0 Å². The molecule has 6 nitrogen and oxygen atoms in total. The average molecular weight is 251 g/mol. The largest absolute Gasteiger partial charge is 0.480 e. The van der Waals surface area contributed by atoms with Gasteiger partial charge in [-0.15, -0.1) is 0 Å². The van der Waals surface area contributed by atoms with Gasteiger partial charge in [0.2, 0.25) is 0 Å². The molecule has 0 aliphatic carbocycles. The van der Waals surface area contributed by atoms with Gasteiger partial charge in [-0.1, -0.05) is 6.92 Å². The highest BCUT2D eigenvalue weighted by Gasteiger charge is 2.17. The second-order valence-electron chi connectivity index (χ2n) is 4.04. The molecular formula is C12H17N3O3. The quantitative estimate of drug-likeness (QED) is 0.782. The molecule has 6 heteroatoms. The van der Waals surface area contributed by atoms with E-state index in [-0.39, 0.29) is 18.3 Å². The number of hydrogen-bond acceptors (Lipinski definition) is 4. The van der Waals surface area contributed by atoms with Crippen molar-refractivity contribution in [3.63, 3.8) is 0 Å². The van der Waals surface area contributed by atoms with Crippen LogP contribution in [-0.4, -0.2) is 34.6 Å². The number of anilines is 1. The standard InChI is InChI=1S/C12H17N3O3/c1-3-8(2)15(7-11(16)17)9-4-5-14-10(6-9)12(13)18/h4-6,8H,3,7H2,1-2H3,(H2,13,18)(H,16,17). The van der Waals surface area contributed by atoms with Gasteiger partial charge in [-0.3, -0.25) is 14.6 Å². The van der Waals surface area contributed by atoms with Crippen molar-refractivity contribution < 1.29 is 14.7 Å². The van der Waals surface area contributed by atoms with Crippen molar-refractivity contribution in [1.82, 2.24) is 4.98 Å². The lowest BCUT2D eigenvalue weighted by Gasteiger charge is -2.29. The molecule has 0 spiro atoms. The lowest BCUT2D eigenvalue weighted by Crippen LogP contribution is -2.37. The summed E-state index contributed by atoms with van der Waals surface area (Å²) in [6.07, 6.45) is 2.24. The number of pyridine rings is 1. The fraction of sp³-hybridized carbons (Fsp3) is 0.417. The summed E-state index contributed by atoms with van der Waals surface area (Å²) in [5.41, 5.74) is 5.92. The molecule has 1 amide bonds. The molecule has 1 aromatic rings. The fourth-order valence-corrected chi connectivity index (χ4v) is 1.60. The molecule has 1 atom stereocenters. The van der Waals surface area contributed by atoms with Crippen LogP contribution in [0.2, 0.25) is 0 Å². The molecule has 1 unspecified atom stereocenters. The first-order chi connectivity index (χ1) is 8.45. The normalized spacial score (nSPS) is 11.9. The van der Waals surface area contributed by atoms with Gasteiger partial charge in [0.1, 0.15) is 12.2 Å². The van der Waals surface area contributed by atoms with Crippen LogP contribution in [0, 0.1) is 0 Å². The number of carboxylic acids is 1. The van der Waals surface area contributed by atoms with Gasteiger partial charge in [-0.2, -0.15) is 0 Å². The van der Waals surface area contributed by atoms with Gasteiger partial charge in [-0.25, -0.2) is 0 Å². The molecule has 0 bridgehead atoms. The lowest BCUT2D eigenvalue weighted by molar-refractivity contribution is -0.135. The van der Waals surface area contributed by atoms with Crippen LogP contribution in [0.25, 0.3) is 0 Å². The summed E-state index contributed by atoms with van der Waals surface area (Å²) in [7, 11) is 0. The smallest absolute Gasteiger partial charge is 0.323 e. The minimum Gasteiger partial charge on any atom is -0.480 e. The van der Waals surface area contributed by atoms with E-state index in [0.717, 1.165) is 6.42 Å². The second-order valence-corrected chi connectivity index (χ2v) is 4.04. The maximum atomic E-state index is 11.1. The number of aliphatic carboxylic acids is 1. The number of amides is 1. The highest BCUT2D eigenvalue weighted by atomic mass is 16.4. The first kappa shape index (κ1) is 14.0. The Kier molecular flexibility index (Phi) is 4.65. The molecule has 0 aromatic carbocycles. The Morgan fingerprint density at radius 1 is 1.56 bits per heavy atom. The number of nitrogens with zero attached hydrogens (tertiary/aromatic N) is 2. The van der Waals surface area contributed by atoms with Crippen LogP contribution in [0.3, 0.4) is 0 Å². The third-order valence-electron chi connectivity index (χ3n) is 2.76. The van der Waals surface area contributed by atoms with Gasteiger partial charge in [0, 0.05) is 17.9 Å². The molecule has 3 N–H and O–H groups in total. The molecule has 0 saturated carbocycles. The molecule has 1 rings (SSSR count). The van der Waals surface area contributed by atoms with Crippen molar-refractivity contribution in [1.29, 1.82) is 0 Å². The molecule has 0 aliphatic rings. The van der Waals surface area contributed by atoms with E-state index in [1.54, 1.807) is 11.0 Å². The highest BCUT2D eigenvalue weighted by Crippen LogP contribution is 2.18. The number of hydrogen-bond donors (Lipinski definition) is 2. The Balaban J connectivity index is 3.07. The molecule has 18 heavy (non-hydrogen) atoms. The zero-order valence-corrected chi connectivity index (χ0v) is 10.5. The first-order valence-corrected chi connectivity index (χ1v) is 5.70. The number of primary amides is 1. The summed E-state index contributed by atoms with van der Waals surface area (Å²) in [5, 5.41) is 8.92. The molecule has 0 aliphatic heterocycles. The van der Waals surface area contributed by atoms with Crippen LogP contribution in [0.1, 0.15) is 30.8 Å². The number of carboxylic acid groups (broad SMARTS) is 1. The molecular weight excluding hydrogens is 234 g/mol. The summed E-state index contributed by atoms with van der Waals surface area (Å²) >= 11 is 0. The summed E-state index contributed by atoms with van der Waals surface area (Å²) < 4.78 is 0. The summed E-state index contributed by atoms with van der Waals surface area (Å²) in [6, 6.07) is 3.23. The van der Waals surface area contributed by atoms with E-state index in [4.69, 9.17) is 10.8 Å². The van der Waals surface area contributed by atoms with Crippen LogP contribution in [0.15, 0.2) is 18.3 Å². The number of carbonyl (C=O) groups excluding carboxylic acids is 1. The van der Waals surface area contributed by atoms with Crippen molar-refractivity contribution in [3.05, 3.63) is 24.0 Å². The van der Waals surface area contributed by atoms with Gasteiger partial charge in [0.25, 0.3) is 5.91 Å². The Bertz CT molecular complexity index is 448. The highest BCUT2D eigenvalue weighted by molar-refractivity contribution is 5.91. The van der Waals surface area contributed by atoms with E-state index < -0.39 is 11.9 Å². The average Bonchev–Trinajstić information content (AvgIpc) is 2.35. The predicted molar refractivity (Wildman–Crippen MR) is 67.5 cm³/mol. The number of aromatic nitrogens is 1. The third-order valence-corrected chi connectivity index (χ3v) is 2.76. The minimum atomic E-state index is -0.923. The maximum absolute atomic E-state index is 11.1. The van der Waals surface area contributed by atoms with Gasteiger partial charge < -0.3 is 15.7 Å². The topological polar surface area (TPSA) is 96.5 Å². The number of rotatable bonds is 6. The summed E-state index contributed by atoms with van der Waals surface area (Å²) in [4.78, 5) is 27.5. The van der Waals surface area contributed by atoms with Crippen molar-refractivity contribution >= 4 is 17.6 Å². The van der Waals surface area contributed by atoms with Gasteiger partial charge in [0.15, 0.2) is 0 Å². The molecule has 0 saturated heterocycles. The molecule has 1 heterocycles. The summed E-state index contributed by atoms with van der Waals surface area (Å²) in [5.74, 6) is -1.55. The number of carbonyl (C=O) groups is 2. The van der Waals surface area contributed by atoms with Crippen LogP contribution in [0.4, 0.5) is 5.69 Å². The Hall–Kier alpha value is -2.11. The van der Waals surface area contributed by atoms with Gasteiger partial charge in [0.05, 0.1) is 0 Å². The number of nitrogens with two attached hydrogens (primary N) is 1. The Morgan fingerprint density at radius 3 is 2.72 bits per heavy atom. The van der Waals surface area contributed by atoms with Crippen LogP contribution < -0.4 is 10.6 Å². The van der Waals surface area contributed by atoms with E-state index >= 15 is 0 Å². The molecule has 1 aromatic heterocycles. The van der Waals surface area contributed by atoms with Crippen LogP contribution in [-0.2, 0) is 4.79 Å². The summed E-state index contributed by atoms with van der Waals surface area (Å²) in [6.45, 7) is 3.76. The van der Waals surface area contributed by atoms with Crippen molar-refractivity contribution in [2.75, 3.05) is 11.4 Å². The van der Waals surface area contributed by atoms with Crippen molar-refractivity contribution in [2.45, 2.75) is 26.3 Å². The van der Waals surface area contributed by atoms with E-state index in [1.807, 2.05) is 13.8 Å². The van der Waals surface area contributed by atoms with Gasteiger partial charge in [-0.05, 0) is 25.5 Å². The SMILES string of the molecule is CCC(C)N(CC(=O)O)c1ccnc(C(N)=O)c1. The Morgan fingerprint density at radius 2 is 2.22 bits per heavy atom.